The number of rotatable bonds is 8. The summed E-state index contributed by atoms with van der Waals surface area (Å²) in [7, 11) is 0. The summed E-state index contributed by atoms with van der Waals surface area (Å²) in [4.78, 5) is 11.2. The van der Waals surface area contributed by atoms with Crippen LogP contribution in [0.4, 0.5) is 0 Å². The van der Waals surface area contributed by atoms with Gasteiger partial charge in [0.2, 0.25) is 0 Å². The highest BCUT2D eigenvalue weighted by Crippen LogP contribution is 2.23. The van der Waals surface area contributed by atoms with Crippen molar-refractivity contribution in [2.45, 2.75) is 32.6 Å². The third kappa shape index (κ3) is 6.33. The zero-order valence-corrected chi connectivity index (χ0v) is 14.0. The molecule has 122 valence electrons. The second-order valence-electron chi connectivity index (χ2n) is 5.21. The summed E-state index contributed by atoms with van der Waals surface area (Å²) in [6.07, 6.45) is 3.25. The first kappa shape index (κ1) is 17.4. The number of carbonyl (C=O) groups excluding carboxylic acids is 1. The number of aryl methyl sites for hydroxylation is 1. The Morgan fingerprint density at radius 1 is 0.957 bits per heavy atom. The molecule has 0 saturated heterocycles. The Morgan fingerprint density at radius 2 is 1.57 bits per heavy atom. The van der Waals surface area contributed by atoms with Crippen molar-refractivity contribution < 1.29 is 14.3 Å². The minimum Gasteiger partial charge on any atom is -0.466 e. The Morgan fingerprint density at radius 3 is 2.17 bits per heavy atom. The summed E-state index contributed by atoms with van der Waals surface area (Å²) >= 11 is 5.85. The summed E-state index contributed by atoms with van der Waals surface area (Å²) in [5.41, 5.74) is 1.23. The van der Waals surface area contributed by atoms with Crippen molar-refractivity contribution in [1.29, 1.82) is 0 Å². The first-order valence-corrected chi connectivity index (χ1v) is 8.23. The van der Waals surface area contributed by atoms with Gasteiger partial charge in [-0.2, -0.15) is 0 Å². The van der Waals surface area contributed by atoms with E-state index < -0.39 is 0 Å². The second kappa shape index (κ2) is 9.21. The standard InChI is InChI=1S/C19H21ClO3/c1-2-22-19(21)6-4-3-5-15-7-11-17(12-8-15)23-18-13-9-16(20)10-14-18/h7-14H,2-6H2,1H3. The molecule has 0 radical (unpaired) electrons. The molecule has 0 aliphatic heterocycles. The molecule has 2 aromatic rings. The lowest BCUT2D eigenvalue weighted by atomic mass is 10.1. The van der Waals surface area contributed by atoms with Gasteiger partial charge >= 0.3 is 5.97 Å². The van der Waals surface area contributed by atoms with E-state index in [-0.39, 0.29) is 5.97 Å². The van der Waals surface area contributed by atoms with E-state index in [0.717, 1.165) is 30.8 Å². The highest BCUT2D eigenvalue weighted by Gasteiger charge is 2.02. The van der Waals surface area contributed by atoms with E-state index in [0.29, 0.717) is 18.1 Å². The Kier molecular flexibility index (Phi) is 6.95. The minimum absolute atomic E-state index is 0.112. The Balaban J connectivity index is 1.76. The molecule has 0 unspecified atom stereocenters. The van der Waals surface area contributed by atoms with Crippen LogP contribution >= 0.6 is 11.6 Å². The highest BCUT2D eigenvalue weighted by molar-refractivity contribution is 6.30. The quantitative estimate of drug-likeness (QED) is 0.479. The largest absolute Gasteiger partial charge is 0.466 e. The van der Waals surface area contributed by atoms with Gasteiger partial charge in [0.15, 0.2) is 0 Å². The van der Waals surface area contributed by atoms with Crippen molar-refractivity contribution in [3.05, 3.63) is 59.1 Å². The van der Waals surface area contributed by atoms with Gasteiger partial charge in [-0.1, -0.05) is 23.7 Å². The predicted octanol–water partition coefficient (Wildman–Crippen LogP) is 5.41. The van der Waals surface area contributed by atoms with Crippen LogP contribution in [0.5, 0.6) is 11.5 Å². The minimum atomic E-state index is -0.112. The van der Waals surface area contributed by atoms with Crippen LogP contribution in [0.25, 0.3) is 0 Å². The number of esters is 1. The van der Waals surface area contributed by atoms with Gasteiger partial charge < -0.3 is 9.47 Å². The molecular weight excluding hydrogens is 312 g/mol. The van der Waals surface area contributed by atoms with Gasteiger partial charge in [0.05, 0.1) is 6.61 Å². The highest BCUT2D eigenvalue weighted by atomic mass is 35.5. The van der Waals surface area contributed by atoms with Crippen LogP contribution in [-0.2, 0) is 16.0 Å². The molecule has 0 aliphatic rings. The summed E-state index contributed by atoms with van der Waals surface area (Å²) in [5, 5.41) is 0.690. The van der Waals surface area contributed by atoms with E-state index in [4.69, 9.17) is 21.1 Å². The average molecular weight is 333 g/mol. The van der Waals surface area contributed by atoms with Crippen molar-refractivity contribution in [2.75, 3.05) is 6.61 Å². The number of halogens is 1. The SMILES string of the molecule is CCOC(=O)CCCCc1ccc(Oc2ccc(Cl)cc2)cc1. The van der Waals surface area contributed by atoms with Gasteiger partial charge in [0.1, 0.15) is 11.5 Å². The second-order valence-corrected chi connectivity index (χ2v) is 5.65. The number of benzene rings is 2. The molecule has 0 N–H and O–H groups in total. The number of unbranched alkanes of at least 4 members (excludes halogenated alkanes) is 1. The molecular formula is C19H21ClO3. The predicted molar refractivity (Wildman–Crippen MR) is 92.2 cm³/mol. The number of ether oxygens (including phenoxy) is 2. The Labute approximate surface area is 142 Å². The molecule has 3 nitrogen and oxygen atoms in total. The number of carbonyl (C=O) groups is 1. The van der Waals surface area contributed by atoms with Crippen LogP contribution in [0.15, 0.2) is 48.5 Å². The van der Waals surface area contributed by atoms with Gasteiger partial charge in [0, 0.05) is 11.4 Å². The molecule has 0 saturated carbocycles. The van der Waals surface area contributed by atoms with Crippen molar-refractivity contribution in [2.24, 2.45) is 0 Å². The van der Waals surface area contributed by atoms with E-state index in [1.54, 1.807) is 12.1 Å². The van der Waals surface area contributed by atoms with Gasteiger partial charge in [-0.3, -0.25) is 4.79 Å². The van der Waals surface area contributed by atoms with Crippen molar-refractivity contribution >= 4 is 17.6 Å². The van der Waals surface area contributed by atoms with E-state index in [1.165, 1.54) is 5.56 Å². The third-order valence-electron chi connectivity index (χ3n) is 3.37. The zero-order valence-electron chi connectivity index (χ0n) is 13.3. The summed E-state index contributed by atoms with van der Waals surface area (Å²) in [6.45, 7) is 2.28. The van der Waals surface area contributed by atoms with Crippen LogP contribution in [0.3, 0.4) is 0 Å². The zero-order chi connectivity index (χ0) is 16.5. The first-order chi connectivity index (χ1) is 11.2. The van der Waals surface area contributed by atoms with Gasteiger partial charge in [-0.05, 0) is 68.1 Å². The summed E-state index contributed by atoms with van der Waals surface area (Å²) < 4.78 is 10.7. The maximum atomic E-state index is 11.2. The lowest BCUT2D eigenvalue weighted by Crippen LogP contribution is -2.03. The van der Waals surface area contributed by atoms with Crippen LogP contribution in [-0.4, -0.2) is 12.6 Å². The van der Waals surface area contributed by atoms with Crippen molar-refractivity contribution in [3.63, 3.8) is 0 Å². The van der Waals surface area contributed by atoms with Crippen LogP contribution in [0.1, 0.15) is 31.7 Å². The van der Waals surface area contributed by atoms with Gasteiger partial charge in [-0.15, -0.1) is 0 Å². The molecule has 0 aliphatic carbocycles. The molecule has 0 spiro atoms. The lowest BCUT2D eigenvalue weighted by molar-refractivity contribution is -0.143. The maximum Gasteiger partial charge on any atom is 0.305 e. The third-order valence-corrected chi connectivity index (χ3v) is 3.63. The Hall–Kier alpha value is -2.00. The molecule has 4 heteroatoms. The summed E-state index contributed by atoms with van der Waals surface area (Å²) in [6, 6.07) is 15.3. The molecule has 2 aromatic carbocycles. The monoisotopic (exact) mass is 332 g/mol. The average Bonchev–Trinajstić information content (AvgIpc) is 2.55. The van der Waals surface area contributed by atoms with Crippen LogP contribution in [0.2, 0.25) is 5.02 Å². The van der Waals surface area contributed by atoms with Crippen LogP contribution in [0, 0.1) is 0 Å². The first-order valence-electron chi connectivity index (χ1n) is 7.85. The maximum absolute atomic E-state index is 11.2. The molecule has 0 heterocycles. The van der Waals surface area contributed by atoms with Gasteiger partial charge in [0.25, 0.3) is 0 Å². The fourth-order valence-electron chi connectivity index (χ4n) is 2.19. The van der Waals surface area contributed by atoms with Crippen molar-refractivity contribution in [1.82, 2.24) is 0 Å². The molecule has 0 aromatic heterocycles. The van der Waals surface area contributed by atoms with E-state index >= 15 is 0 Å². The molecule has 0 amide bonds. The fraction of sp³-hybridized carbons (Fsp3) is 0.316. The molecule has 0 atom stereocenters. The number of hydrogen-bond donors (Lipinski definition) is 0. The lowest BCUT2D eigenvalue weighted by Gasteiger charge is -2.07. The van der Waals surface area contributed by atoms with E-state index in [1.807, 2.05) is 31.2 Å². The van der Waals surface area contributed by atoms with Gasteiger partial charge in [-0.25, -0.2) is 0 Å². The fourth-order valence-corrected chi connectivity index (χ4v) is 2.32. The molecule has 0 bridgehead atoms. The van der Waals surface area contributed by atoms with E-state index in [9.17, 15) is 4.79 Å². The van der Waals surface area contributed by atoms with Crippen LogP contribution < -0.4 is 4.74 Å². The summed E-state index contributed by atoms with van der Waals surface area (Å²) in [5.74, 6) is 1.44. The molecule has 2 rings (SSSR count). The molecule has 0 fully saturated rings. The smallest absolute Gasteiger partial charge is 0.305 e. The normalized spacial score (nSPS) is 10.3. The van der Waals surface area contributed by atoms with Crippen molar-refractivity contribution in [3.8, 4) is 11.5 Å². The number of hydrogen-bond acceptors (Lipinski definition) is 3. The Bertz CT molecular complexity index is 606. The topological polar surface area (TPSA) is 35.5 Å². The molecule has 23 heavy (non-hydrogen) atoms. The van der Waals surface area contributed by atoms with E-state index in [2.05, 4.69) is 12.1 Å².